The maximum atomic E-state index is 12.3. The molecule has 0 bridgehead atoms. The molecule has 1 aromatic carbocycles. The fourth-order valence-electron chi connectivity index (χ4n) is 2.70. The van der Waals surface area contributed by atoms with Crippen molar-refractivity contribution >= 4 is 45.8 Å². The van der Waals surface area contributed by atoms with Gasteiger partial charge in [0.05, 0.1) is 21.9 Å². The Bertz CT molecular complexity index is 1050. The van der Waals surface area contributed by atoms with Gasteiger partial charge in [0, 0.05) is 19.0 Å². The molecule has 0 N–H and O–H groups in total. The van der Waals surface area contributed by atoms with Crippen molar-refractivity contribution in [2.45, 2.75) is 13.1 Å². The minimum atomic E-state index is -0.644. The summed E-state index contributed by atoms with van der Waals surface area (Å²) >= 11 is 7.26. The Labute approximate surface area is 164 Å². The lowest BCUT2D eigenvalue weighted by atomic mass is 10.3. The molecule has 0 saturated carbocycles. The molecule has 0 aliphatic carbocycles. The fourth-order valence-corrected chi connectivity index (χ4v) is 3.84. The smallest absolute Gasteiger partial charge is 0.329 e. The molecule has 0 atom stereocenters. The van der Waals surface area contributed by atoms with Crippen molar-refractivity contribution < 1.29 is 14.3 Å². The summed E-state index contributed by atoms with van der Waals surface area (Å²) in [7, 11) is 3.26. The van der Waals surface area contributed by atoms with Crippen LogP contribution >= 0.6 is 22.9 Å². The predicted molar refractivity (Wildman–Crippen MR) is 104 cm³/mol. The van der Waals surface area contributed by atoms with Crippen LogP contribution in [0.5, 0.6) is 0 Å². The van der Waals surface area contributed by atoms with Gasteiger partial charge < -0.3 is 9.64 Å². The molecule has 3 rings (SSSR count). The SMILES string of the molecule is CN(Cc1ccc(Cl)s1)C(=O)COC(=O)Cn1c(=O)n(C)c2ccccc21. The van der Waals surface area contributed by atoms with Crippen molar-refractivity contribution in [1.29, 1.82) is 0 Å². The normalized spacial score (nSPS) is 10.9. The van der Waals surface area contributed by atoms with Gasteiger partial charge in [0.15, 0.2) is 6.61 Å². The number of rotatable bonds is 6. The molecular weight excluding hydrogens is 390 g/mol. The van der Waals surface area contributed by atoms with Gasteiger partial charge in [0.1, 0.15) is 6.54 Å². The number of aromatic nitrogens is 2. The lowest BCUT2D eigenvalue weighted by molar-refractivity contribution is -0.152. The second kappa shape index (κ2) is 7.98. The zero-order valence-electron chi connectivity index (χ0n) is 14.8. The number of hydrogen-bond donors (Lipinski definition) is 0. The highest BCUT2D eigenvalue weighted by Gasteiger charge is 2.17. The fraction of sp³-hybridized carbons (Fsp3) is 0.278. The number of imidazole rings is 1. The van der Waals surface area contributed by atoms with Crippen LogP contribution in [0.3, 0.4) is 0 Å². The Balaban J connectivity index is 1.59. The Hall–Kier alpha value is -2.58. The van der Waals surface area contributed by atoms with E-state index in [2.05, 4.69) is 0 Å². The van der Waals surface area contributed by atoms with Crippen LogP contribution in [0.25, 0.3) is 11.0 Å². The summed E-state index contributed by atoms with van der Waals surface area (Å²) in [5, 5.41) is 0. The molecule has 142 valence electrons. The van der Waals surface area contributed by atoms with Crippen molar-refractivity contribution in [3.63, 3.8) is 0 Å². The van der Waals surface area contributed by atoms with E-state index in [1.165, 1.54) is 25.4 Å². The summed E-state index contributed by atoms with van der Waals surface area (Å²) in [6, 6.07) is 10.8. The standard InChI is InChI=1S/C18H18ClN3O4S/c1-20(9-12-7-8-15(19)27-12)16(23)11-26-17(24)10-22-14-6-4-3-5-13(14)21(2)18(22)25/h3-8H,9-11H2,1-2H3. The lowest BCUT2D eigenvalue weighted by Crippen LogP contribution is -2.32. The second-order valence-corrected chi connectivity index (χ2v) is 7.83. The summed E-state index contributed by atoms with van der Waals surface area (Å²) in [6.45, 7) is -0.248. The topological polar surface area (TPSA) is 73.5 Å². The van der Waals surface area contributed by atoms with E-state index in [1.807, 2.05) is 12.1 Å². The molecule has 27 heavy (non-hydrogen) atoms. The van der Waals surface area contributed by atoms with Crippen LogP contribution in [0.4, 0.5) is 0 Å². The molecule has 7 nitrogen and oxygen atoms in total. The zero-order valence-corrected chi connectivity index (χ0v) is 16.4. The van der Waals surface area contributed by atoms with Gasteiger partial charge in [-0.1, -0.05) is 23.7 Å². The van der Waals surface area contributed by atoms with Crippen molar-refractivity contribution in [3.05, 3.63) is 56.1 Å². The monoisotopic (exact) mass is 407 g/mol. The van der Waals surface area contributed by atoms with E-state index in [9.17, 15) is 14.4 Å². The number of para-hydroxylation sites is 2. The number of thiophene rings is 1. The molecule has 9 heteroatoms. The first-order valence-electron chi connectivity index (χ1n) is 8.15. The highest BCUT2D eigenvalue weighted by molar-refractivity contribution is 7.16. The molecule has 0 aliphatic rings. The van der Waals surface area contributed by atoms with Crippen LogP contribution < -0.4 is 5.69 Å². The number of nitrogens with zero attached hydrogens (tertiary/aromatic N) is 3. The number of carbonyl (C=O) groups excluding carboxylic acids is 2. The summed E-state index contributed by atoms with van der Waals surface area (Å²) in [4.78, 5) is 39.0. The highest BCUT2D eigenvalue weighted by atomic mass is 35.5. The number of likely N-dealkylation sites (N-methyl/N-ethyl adjacent to an activating group) is 1. The average molecular weight is 408 g/mol. The Morgan fingerprint density at radius 1 is 1.19 bits per heavy atom. The summed E-state index contributed by atoms with van der Waals surface area (Å²) in [5.41, 5.74) is 1.05. The Morgan fingerprint density at radius 2 is 1.89 bits per heavy atom. The number of amides is 1. The Morgan fingerprint density at radius 3 is 2.56 bits per heavy atom. The number of benzene rings is 1. The average Bonchev–Trinajstić information content (AvgIpc) is 3.16. The van der Waals surface area contributed by atoms with Crippen molar-refractivity contribution in [3.8, 4) is 0 Å². The number of esters is 1. The molecule has 3 aromatic rings. The number of halogens is 1. The first-order valence-corrected chi connectivity index (χ1v) is 9.34. The zero-order chi connectivity index (χ0) is 19.6. The summed E-state index contributed by atoms with van der Waals surface area (Å²) < 4.78 is 8.51. The largest absolute Gasteiger partial charge is 0.454 e. The molecular formula is C18H18ClN3O4S. The highest BCUT2D eigenvalue weighted by Crippen LogP contribution is 2.22. The van der Waals surface area contributed by atoms with Crippen LogP contribution in [0, 0.1) is 0 Å². The van der Waals surface area contributed by atoms with Crippen LogP contribution in [-0.2, 0) is 34.5 Å². The van der Waals surface area contributed by atoms with Gasteiger partial charge in [-0.05, 0) is 24.3 Å². The van der Waals surface area contributed by atoms with Gasteiger partial charge in [-0.2, -0.15) is 0 Å². The maximum absolute atomic E-state index is 12.3. The molecule has 2 aromatic heterocycles. The van der Waals surface area contributed by atoms with E-state index in [0.717, 1.165) is 10.4 Å². The minimum Gasteiger partial charge on any atom is -0.454 e. The van der Waals surface area contributed by atoms with Crippen LogP contribution in [0.2, 0.25) is 4.34 Å². The van der Waals surface area contributed by atoms with Crippen molar-refractivity contribution in [1.82, 2.24) is 14.0 Å². The first-order chi connectivity index (χ1) is 12.9. The molecule has 1 amide bonds. The number of carbonyl (C=O) groups is 2. The van der Waals surface area contributed by atoms with Gasteiger partial charge in [0.2, 0.25) is 0 Å². The first kappa shape index (κ1) is 19.2. The predicted octanol–water partition coefficient (Wildman–Crippen LogP) is 2.26. The van der Waals surface area contributed by atoms with Crippen molar-refractivity contribution in [2.75, 3.05) is 13.7 Å². The van der Waals surface area contributed by atoms with Gasteiger partial charge >= 0.3 is 11.7 Å². The lowest BCUT2D eigenvalue weighted by Gasteiger charge is -2.16. The molecule has 0 unspecified atom stereocenters. The third-order valence-corrected chi connectivity index (χ3v) is 5.36. The van der Waals surface area contributed by atoms with Gasteiger partial charge in [-0.3, -0.25) is 18.7 Å². The van der Waals surface area contributed by atoms with E-state index in [4.69, 9.17) is 16.3 Å². The molecule has 0 aliphatic heterocycles. The Kier molecular flexibility index (Phi) is 5.67. The van der Waals surface area contributed by atoms with E-state index < -0.39 is 5.97 Å². The third-order valence-electron chi connectivity index (χ3n) is 4.14. The van der Waals surface area contributed by atoms with Gasteiger partial charge in [-0.25, -0.2) is 4.79 Å². The molecule has 0 spiro atoms. The molecule has 0 saturated heterocycles. The molecule has 0 radical (unpaired) electrons. The molecule has 0 fully saturated rings. The van der Waals surface area contributed by atoms with E-state index in [0.29, 0.717) is 16.4 Å². The van der Waals surface area contributed by atoms with Gasteiger partial charge in [0.25, 0.3) is 5.91 Å². The van der Waals surface area contributed by atoms with Crippen molar-refractivity contribution in [2.24, 2.45) is 7.05 Å². The number of aryl methyl sites for hydroxylation is 1. The second-order valence-electron chi connectivity index (χ2n) is 6.03. The molecule has 2 heterocycles. The summed E-state index contributed by atoms with van der Waals surface area (Å²) in [6.07, 6.45) is 0. The maximum Gasteiger partial charge on any atom is 0.329 e. The third kappa shape index (κ3) is 4.23. The number of ether oxygens (including phenoxy) is 1. The van der Waals surface area contributed by atoms with Crippen LogP contribution in [0.1, 0.15) is 4.88 Å². The number of hydrogen-bond acceptors (Lipinski definition) is 5. The van der Waals surface area contributed by atoms with Crippen LogP contribution in [0.15, 0.2) is 41.2 Å². The van der Waals surface area contributed by atoms with Gasteiger partial charge in [-0.15, -0.1) is 11.3 Å². The van der Waals surface area contributed by atoms with E-state index in [1.54, 1.807) is 38.4 Å². The number of fused-ring (bicyclic) bond motifs is 1. The summed E-state index contributed by atoms with van der Waals surface area (Å²) in [5.74, 6) is -0.979. The van der Waals surface area contributed by atoms with Crippen LogP contribution in [-0.4, -0.2) is 39.6 Å². The van der Waals surface area contributed by atoms with E-state index in [-0.39, 0.29) is 24.7 Å². The van der Waals surface area contributed by atoms with E-state index >= 15 is 0 Å². The minimum absolute atomic E-state index is 0.252. The quantitative estimate of drug-likeness (QED) is 0.587.